The largest absolute Gasteiger partial charge is 0.478 e. The molecule has 15 heavy (non-hydrogen) atoms. The normalized spacial score (nSPS) is 9.73. The van der Waals surface area contributed by atoms with Crippen LogP contribution in [0.2, 0.25) is 0 Å². The van der Waals surface area contributed by atoms with Gasteiger partial charge in [0.1, 0.15) is 5.88 Å². The molecule has 0 spiro atoms. The predicted molar refractivity (Wildman–Crippen MR) is 60.5 cm³/mol. The molecular formula is C9H7BrClNO3. The Bertz CT molecular complexity index is 408. The lowest BCUT2D eigenvalue weighted by molar-refractivity contribution is -0.113. The highest BCUT2D eigenvalue weighted by molar-refractivity contribution is 9.10. The number of carboxylic acid groups (broad SMARTS) is 1. The molecule has 4 nitrogen and oxygen atoms in total. The SMILES string of the molecule is O=C(CCl)Nc1cccc(Br)c1C(=O)O. The molecule has 0 aromatic heterocycles. The smallest absolute Gasteiger partial charge is 0.338 e. The van der Waals surface area contributed by atoms with Gasteiger partial charge in [0, 0.05) is 4.47 Å². The zero-order valence-corrected chi connectivity index (χ0v) is 9.80. The van der Waals surface area contributed by atoms with Gasteiger partial charge >= 0.3 is 5.97 Å². The minimum absolute atomic E-state index is 0.0102. The number of rotatable bonds is 3. The zero-order valence-electron chi connectivity index (χ0n) is 7.46. The number of anilines is 1. The van der Waals surface area contributed by atoms with E-state index < -0.39 is 11.9 Å². The number of nitrogens with one attached hydrogen (secondary N) is 1. The number of aromatic carboxylic acids is 1. The Balaban J connectivity index is 3.11. The van der Waals surface area contributed by atoms with Crippen LogP contribution in [-0.4, -0.2) is 22.9 Å². The molecule has 1 aromatic rings. The van der Waals surface area contributed by atoms with Crippen molar-refractivity contribution < 1.29 is 14.7 Å². The summed E-state index contributed by atoms with van der Waals surface area (Å²) in [5.74, 6) is -1.78. The van der Waals surface area contributed by atoms with Gasteiger partial charge in [0.05, 0.1) is 11.3 Å². The summed E-state index contributed by atoms with van der Waals surface area (Å²) in [7, 11) is 0. The minimum Gasteiger partial charge on any atom is -0.478 e. The van der Waals surface area contributed by atoms with E-state index in [0.29, 0.717) is 4.47 Å². The Morgan fingerprint density at radius 3 is 2.67 bits per heavy atom. The molecule has 1 aromatic carbocycles. The van der Waals surface area contributed by atoms with E-state index in [1.807, 2.05) is 0 Å². The molecule has 2 N–H and O–H groups in total. The fourth-order valence-electron chi connectivity index (χ4n) is 1.03. The van der Waals surface area contributed by atoms with Gasteiger partial charge in [0.25, 0.3) is 0 Å². The van der Waals surface area contributed by atoms with Crippen molar-refractivity contribution in [3.63, 3.8) is 0 Å². The van der Waals surface area contributed by atoms with Crippen LogP contribution in [0, 0.1) is 0 Å². The van der Waals surface area contributed by atoms with Crippen molar-refractivity contribution in [2.75, 3.05) is 11.2 Å². The summed E-state index contributed by atoms with van der Waals surface area (Å²) in [5.41, 5.74) is 0.235. The molecule has 1 amide bonds. The molecule has 0 aliphatic rings. The lowest BCUT2D eigenvalue weighted by Gasteiger charge is -2.08. The van der Waals surface area contributed by atoms with Gasteiger partial charge in [0.15, 0.2) is 0 Å². The molecule has 0 aliphatic heterocycles. The van der Waals surface area contributed by atoms with Gasteiger partial charge in [0.2, 0.25) is 5.91 Å². The van der Waals surface area contributed by atoms with E-state index in [2.05, 4.69) is 21.2 Å². The van der Waals surface area contributed by atoms with Crippen molar-refractivity contribution in [1.29, 1.82) is 0 Å². The summed E-state index contributed by atoms with van der Waals surface area (Å²) in [5, 5.41) is 11.3. The average Bonchev–Trinajstić information content (AvgIpc) is 2.17. The van der Waals surface area contributed by atoms with Gasteiger partial charge in [-0.2, -0.15) is 0 Å². The molecule has 6 heteroatoms. The maximum absolute atomic E-state index is 11.0. The van der Waals surface area contributed by atoms with Crippen molar-refractivity contribution >= 4 is 45.1 Å². The Labute approximate surface area is 99.4 Å². The van der Waals surface area contributed by atoms with E-state index in [9.17, 15) is 9.59 Å². The van der Waals surface area contributed by atoms with Crippen LogP contribution in [0.25, 0.3) is 0 Å². The third kappa shape index (κ3) is 2.94. The number of carbonyl (C=O) groups is 2. The van der Waals surface area contributed by atoms with Gasteiger partial charge in [-0.1, -0.05) is 6.07 Å². The van der Waals surface area contributed by atoms with Crippen LogP contribution in [0.15, 0.2) is 22.7 Å². The number of hydrogen-bond acceptors (Lipinski definition) is 2. The first-order valence-corrected chi connectivity index (χ1v) is 5.26. The summed E-state index contributed by atoms with van der Waals surface area (Å²) in [6, 6.07) is 4.71. The van der Waals surface area contributed by atoms with E-state index in [-0.39, 0.29) is 17.1 Å². The quantitative estimate of drug-likeness (QED) is 0.840. The molecule has 80 valence electrons. The maximum atomic E-state index is 11.0. The van der Waals surface area contributed by atoms with E-state index >= 15 is 0 Å². The fourth-order valence-corrected chi connectivity index (χ4v) is 1.63. The number of alkyl halides is 1. The number of amides is 1. The zero-order chi connectivity index (χ0) is 11.4. The number of hydrogen-bond donors (Lipinski definition) is 2. The molecule has 0 radical (unpaired) electrons. The topological polar surface area (TPSA) is 66.4 Å². The first kappa shape index (κ1) is 12.0. The Kier molecular flexibility index (Phi) is 4.11. The Hall–Kier alpha value is -1.07. The highest BCUT2D eigenvalue weighted by Gasteiger charge is 2.15. The second kappa shape index (κ2) is 5.14. The number of carboxylic acids is 1. The number of benzene rings is 1. The third-order valence-corrected chi connectivity index (χ3v) is 2.53. The van der Waals surface area contributed by atoms with Gasteiger partial charge < -0.3 is 10.4 Å². The van der Waals surface area contributed by atoms with Gasteiger partial charge in [-0.3, -0.25) is 4.79 Å². The molecule has 0 bridgehead atoms. The first-order valence-electron chi connectivity index (χ1n) is 3.94. The van der Waals surface area contributed by atoms with Crippen LogP contribution in [0.3, 0.4) is 0 Å². The summed E-state index contributed by atoms with van der Waals surface area (Å²) in [4.78, 5) is 21.9. The van der Waals surface area contributed by atoms with Crippen LogP contribution >= 0.6 is 27.5 Å². The van der Waals surface area contributed by atoms with Gasteiger partial charge in [-0.05, 0) is 28.1 Å². The van der Waals surface area contributed by atoms with Crippen LogP contribution in [0.5, 0.6) is 0 Å². The summed E-state index contributed by atoms with van der Waals surface area (Å²) in [6.45, 7) is 0. The van der Waals surface area contributed by atoms with Crippen LogP contribution in [0.4, 0.5) is 5.69 Å². The average molecular weight is 293 g/mol. The molecule has 0 saturated carbocycles. The van der Waals surface area contributed by atoms with Crippen LogP contribution in [0.1, 0.15) is 10.4 Å². The van der Waals surface area contributed by atoms with Crippen molar-refractivity contribution in [2.45, 2.75) is 0 Å². The molecule has 1 rings (SSSR count). The standard InChI is InChI=1S/C9H7BrClNO3/c10-5-2-1-3-6(8(5)9(14)15)12-7(13)4-11/h1-3H,4H2,(H,12,13)(H,14,15). The van der Waals surface area contributed by atoms with Gasteiger partial charge in [-0.25, -0.2) is 4.79 Å². The second-order valence-electron chi connectivity index (χ2n) is 2.65. The predicted octanol–water partition coefficient (Wildman–Crippen LogP) is 2.32. The third-order valence-electron chi connectivity index (χ3n) is 1.62. The van der Waals surface area contributed by atoms with Crippen LogP contribution < -0.4 is 5.32 Å². The Morgan fingerprint density at radius 1 is 1.47 bits per heavy atom. The van der Waals surface area contributed by atoms with Gasteiger partial charge in [-0.15, -0.1) is 11.6 Å². The van der Waals surface area contributed by atoms with Crippen molar-refractivity contribution in [2.24, 2.45) is 0 Å². The molecule has 0 fully saturated rings. The van der Waals surface area contributed by atoms with E-state index in [0.717, 1.165) is 0 Å². The molecule has 0 atom stereocenters. The highest BCUT2D eigenvalue weighted by atomic mass is 79.9. The van der Waals surface area contributed by atoms with E-state index in [1.165, 1.54) is 6.07 Å². The first-order chi connectivity index (χ1) is 7.06. The summed E-state index contributed by atoms with van der Waals surface area (Å²) in [6.07, 6.45) is 0. The molecule has 0 heterocycles. The molecule has 0 saturated heterocycles. The number of carbonyl (C=O) groups excluding carboxylic acids is 1. The summed E-state index contributed by atoms with van der Waals surface area (Å²) < 4.78 is 0.405. The van der Waals surface area contributed by atoms with Crippen LogP contribution in [-0.2, 0) is 4.79 Å². The van der Waals surface area contributed by atoms with E-state index in [4.69, 9.17) is 16.7 Å². The van der Waals surface area contributed by atoms with Crippen molar-refractivity contribution in [3.8, 4) is 0 Å². The van der Waals surface area contributed by atoms with Crippen molar-refractivity contribution in [1.82, 2.24) is 0 Å². The lowest BCUT2D eigenvalue weighted by Crippen LogP contribution is -2.15. The Morgan fingerprint density at radius 2 is 2.13 bits per heavy atom. The minimum atomic E-state index is -1.12. The molecule has 0 aliphatic carbocycles. The maximum Gasteiger partial charge on any atom is 0.338 e. The molecular weight excluding hydrogens is 285 g/mol. The monoisotopic (exact) mass is 291 g/mol. The highest BCUT2D eigenvalue weighted by Crippen LogP contribution is 2.24. The number of halogens is 2. The molecule has 0 unspecified atom stereocenters. The lowest BCUT2D eigenvalue weighted by atomic mass is 10.2. The fraction of sp³-hybridized carbons (Fsp3) is 0.111. The summed E-state index contributed by atoms with van der Waals surface area (Å²) >= 11 is 8.40. The van der Waals surface area contributed by atoms with Crippen molar-refractivity contribution in [3.05, 3.63) is 28.2 Å². The van der Waals surface area contributed by atoms with E-state index in [1.54, 1.807) is 12.1 Å². The second-order valence-corrected chi connectivity index (χ2v) is 3.77.